The third-order valence-corrected chi connectivity index (χ3v) is 5.03. The summed E-state index contributed by atoms with van der Waals surface area (Å²) in [5.41, 5.74) is 3.92. The molecule has 4 aromatic heterocycles. The molecule has 0 aliphatic heterocycles. The molecule has 0 unspecified atom stereocenters. The Labute approximate surface area is 150 Å². The Bertz CT molecular complexity index is 1210. The van der Waals surface area contributed by atoms with Crippen molar-refractivity contribution in [3.63, 3.8) is 0 Å². The molecule has 0 saturated heterocycles. The van der Waals surface area contributed by atoms with Crippen molar-refractivity contribution in [1.82, 2.24) is 20.2 Å². The summed E-state index contributed by atoms with van der Waals surface area (Å²) in [6.45, 7) is 0. The van der Waals surface area contributed by atoms with Crippen LogP contribution >= 0.6 is 11.3 Å². The number of anilines is 1. The van der Waals surface area contributed by atoms with Crippen LogP contribution in [0.3, 0.4) is 0 Å². The van der Waals surface area contributed by atoms with Crippen molar-refractivity contribution in [2.24, 2.45) is 0 Å². The predicted octanol–water partition coefficient (Wildman–Crippen LogP) is 4.08. The minimum atomic E-state index is -0.251. The van der Waals surface area contributed by atoms with E-state index in [1.165, 1.54) is 11.3 Å². The molecule has 126 valence electrons. The Morgan fingerprint density at radius 3 is 3.04 bits per heavy atom. The van der Waals surface area contributed by atoms with E-state index < -0.39 is 0 Å². The molecule has 5 rings (SSSR count). The van der Waals surface area contributed by atoms with Crippen LogP contribution in [0, 0.1) is 0 Å². The van der Waals surface area contributed by atoms with Crippen LogP contribution in [0.4, 0.5) is 5.69 Å². The molecule has 0 saturated carbocycles. The van der Waals surface area contributed by atoms with Gasteiger partial charge in [-0.1, -0.05) is 0 Å². The fourth-order valence-electron chi connectivity index (χ4n) is 2.77. The van der Waals surface area contributed by atoms with Crippen molar-refractivity contribution in [1.29, 1.82) is 0 Å². The van der Waals surface area contributed by atoms with Gasteiger partial charge < -0.3 is 9.73 Å². The first-order valence-electron chi connectivity index (χ1n) is 7.80. The van der Waals surface area contributed by atoms with E-state index in [2.05, 4.69) is 25.5 Å². The zero-order valence-corrected chi connectivity index (χ0v) is 14.1. The van der Waals surface area contributed by atoms with Crippen molar-refractivity contribution in [3.8, 4) is 11.3 Å². The number of aromatic amines is 1. The van der Waals surface area contributed by atoms with Crippen LogP contribution in [0.2, 0.25) is 0 Å². The quantitative estimate of drug-likeness (QED) is 0.505. The van der Waals surface area contributed by atoms with Crippen LogP contribution in [-0.2, 0) is 0 Å². The fraction of sp³-hybridized carbons (Fsp3) is 0. The van der Waals surface area contributed by atoms with Crippen molar-refractivity contribution in [2.75, 3.05) is 5.32 Å². The lowest BCUT2D eigenvalue weighted by molar-refractivity contribution is 0.102. The fourth-order valence-corrected chi connectivity index (χ4v) is 3.60. The van der Waals surface area contributed by atoms with Gasteiger partial charge >= 0.3 is 0 Å². The average Bonchev–Trinajstić information content (AvgIpc) is 3.39. The molecule has 0 radical (unpaired) electrons. The molecule has 7 nitrogen and oxygen atoms in total. The van der Waals surface area contributed by atoms with E-state index >= 15 is 0 Å². The van der Waals surface area contributed by atoms with Gasteiger partial charge in [-0.3, -0.25) is 14.9 Å². The number of amides is 1. The number of fused-ring (bicyclic) bond motifs is 2. The standard InChI is InChI=1S/C18H11N5O2S/c24-17(18-21-14-8-19-5-3-15(14)26-18)20-11-1-2-13-12(7-11)16(23-22-13)10-4-6-25-9-10/h1-9H,(H,20,24)(H,22,23). The normalized spacial score (nSPS) is 11.2. The van der Waals surface area contributed by atoms with Crippen molar-refractivity contribution in [3.05, 3.63) is 60.3 Å². The zero-order valence-electron chi connectivity index (χ0n) is 13.3. The summed E-state index contributed by atoms with van der Waals surface area (Å²) in [7, 11) is 0. The Morgan fingerprint density at radius 1 is 1.23 bits per heavy atom. The number of rotatable bonds is 3. The van der Waals surface area contributed by atoms with Gasteiger partial charge in [-0.15, -0.1) is 11.3 Å². The number of carbonyl (C=O) groups excluding carboxylic acids is 1. The molecule has 0 spiro atoms. The lowest BCUT2D eigenvalue weighted by Gasteiger charge is -2.03. The molecule has 8 heteroatoms. The van der Waals surface area contributed by atoms with Crippen molar-refractivity contribution >= 4 is 44.1 Å². The zero-order chi connectivity index (χ0) is 17.5. The minimum Gasteiger partial charge on any atom is -0.472 e. The highest BCUT2D eigenvalue weighted by Crippen LogP contribution is 2.29. The maximum absolute atomic E-state index is 12.5. The number of thiazole rings is 1. The van der Waals surface area contributed by atoms with Gasteiger partial charge in [0.2, 0.25) is 0 Å². The molecule has 4 heterocycles. The molecule has 1 aromatic carbocycles. The summed E-state index contributed by atoms with van der Waals surface area (Å²) in [4.78, 5) is 20.9. The highest BCUT2D eigenvalue weighted by Gasteiger charge is 2.14. The Kier molecular flexibility index (Phi) is 3.29. The number of nitrogens with zero attached hydrogens (tertiary/aromatic N) is 3. The second-order valence-corrected chi connectivity index (χ2v) is 6.69. The summed E-state index contributed by atoms with van der Waals surface area (Å²) < 4.78 is 6.06. The van der Waals surface area contributed by atoms with Crippen LogP contribution in [0.1, 0.15) is 9.80 Å². The number of aromatic nitrogens is 4. The summed E-state index contributed by atoms with van der Waals surface area (Å²) in [5, 5.41) is 11.5. The first-order chi connectivity index (χ1) is 12.8. The van der Waals surface area contributed by atoms with Gasteiger partial charge in [-0.25, -0.2) is 4.98 Å². The maximum Gasteiger partial charge on any atom is 0.284 e. The smallest absolute Gasteiger partial charge is 0.284 e. The van der Waals surface area contributed by atoms with Gasteiger partial charge in [0.05, 0.1) is 28.9 Å². The summed E-state index contributed by atoms with van der Waals surface area (Å²) in [5.74, 6) is -0.251. The molecule has 2 N–H and O–H groups in total. The van der Waals surface area contributed by atoms with Crippen LogP contribution in [0.15, 0.2) is 59.7 Å². The van der Waals surface area contributed by atoms with Crippen LogP contribution in [-0.4, -0.2) is 26.1 Å². The van der Waals surface area contributed by atoms with Gasteiger partial charge in [-0.05, 0) is 30.3 Å². The molecule has 0 aliphatic carbocycles. The van der Waals surface area contributed by atoms with Crippen LogP contribution in [0.5, 0.6) is 0 Å². The van der Waals surface area contributed by atoms with E-state index in [1.807, 2.05) is 30.3 Å². The SMILES string of the molecule is O=C(Nc1ccc2[nH]nc(-c3ccoc3)c2c1)c1nc2cnccc2s1. The third kappa shape index (κ3) is 2.44. The first kappa shape index (κ1) is 14.8. The average molecular weight is 361 g/mol. The first-order valence-corrected chi connectivity index (χ1v) is 8.62. The summed E-state index contributed by atoms with van der Waals surface area (Å²) >= 11 is 1.34. The Balaban J connectivity index is 1.49. The van der Waals surface area contributed by atoms with E-state index in [0.717, 1.165) is 32.4 Å². The summed E-state index contributed by atoms with van der Waals surface area (Å²) in [6.07, 6.45) is 6.57. The van der Waals surface area contributed by atoms with E-state index in [-0.39, 0.29) is 5.91 Å². The van der Waals surface area contributed by atoms with Crippen molar-refractivity contribution in [2.45, 2.75) is 0 Å². The molecule has 5 aromatic rings. The highest BCUT2D eigenvalue weighted by molar-refractivity contribution is 7.20. The Morgan fingerprint density at radius 2 is 2.19 bits per heavy atom. The van der Waals surface area contributed by atoms with Gasteiger partial charge in [-0.2, -0.15) is 5.10 Å². The molecule has 1 amide bonds. The third-order valence-electron chi connectivity index (χ3n) is 4.00. The predicted molar refractivity (Wildman–Crippen MR) is 99.2 cm³/mol. The van der Waals surface area contributed by atoms with Gasteiger partial charge in [0, 0.05) is 22.8 Å². The van der Waals surface area contributed by atoms with Gasteiger partial charge in [0.1, 0.15) is 11.2 Å². The number of H-pyrrole nitrogens is 1. The lowest BCUT2D eigenvalue weighted by Crippen LogP contribution is -2.11. The molecule has 0 atom stereocenters. The van der Waals surface area contributed by atoms with E-state index in [9.17, 15) is 4.79 Å². The molecule has 0 fully saturated rings. The van der Waals surface area contributed by atoms with Gasteiger partial charge in [0.15, 0.2) is 5.01 Å². The number of carbonyl (C=O) groups is 1. The number of nitrogens with one attached hydrogen (secondary N) is 2. The van der Waals surface area contributed by atoms with Crippen LogP contribution in [0.25, 0.3) is 32.4 Å². The highest BCUT2D eigenvalue weighted by atomic mass is 32.1. The topological polar surface area (TPSA) is 96.7 Å². The maximum atomic E-state index is 12.5. The number of hydrogen-bond donors (Lipinski definition) is 2. The largest absolute Gasteiger partial charge is 0.472 e. The number of benzene rings is 1. The summed E-state index contributed by atoms with van der Waals surface area (Å²) in [6, 6.07) is 9.28. The monoisotopic (exact) mass is 361 g/mol. The van der Waals surface area contributed by atoms with Crippen molar-refractivity contribution < 1.29 is 9.21 Å². The number of hydrogen-bond acceptors (Lipinski definition) is 6. The molecule has 0 aliphatic rings. The Hall–Kier alpha value is -3.52. The number of pyridine rings is 1. The molecular formula is C18H11N5O2S. The van der Waals surface area contributed by atoms with Gasteiger partial charge in [0.25, 0.3) is 5.91 Å². The minimum absolute atomic E-state index is 0.251. The second kappa shape index (κ2) is 5.78. The lowest BCUT2D eigenvalue weighted by atomic mass is 10.1. The van der Waals surface area contributed by atoms with E-state index in [1.54, 1.807) is 24.9 Å². The number of furan rings is 1. The molecule has 26 heavy (non-hydrogen) atoms. The van der Waals surface area contributed by atoms with E-state index in [0.29, 0.717) is 10.7 Å². The molecular weight excluding hydrogens is 350 g/mol. The van der Waals surface area contributed by atoms with Crippen LogP contribution < -0.4 is 5.32 Å². The molecule has 0 bridgehead atoms. The second-order valence-electron chi connectivity index (χ2n) is 5.66. The van der Waals surface area contributed by atoms with E-state index in [4.69, 9.17) is 4.42 Å².